The summed E-state index contributed by atoms with van der Waals surface area (Å²) in [5, 5.41) is 2.33. The molecule has 1 N–H and O–H groups in total. The molecule has 0 aromatic heterocycles. The number of hydrogen-bond acceptors (Lipinski definition) is 6. The van der Waals surface area contributed by atoms with E-state index in [9.17, 15) is 14.0 Å². The molecule has 146 valence electrons. The number of amides is 1. The number of para-hydroxylation sites is 1. The van der Waals surface area contributed by atoms with E-state index in [2.05, 4.69) is 5.32 Å². The first kappa shape index (κ1) is 19.2. The van der Waals surface area contributed by atoms with Crippen LogP contribution in [0.5, 0.6) is 17.2 Å². The van der Waals surface area contributed by atoms with Crippen molar-refractivity contribution in [2.45, 2.75) is 0 Å². The lowest BCUT2D eigenvalue weighted by atomic mass is 10.1. The second kappa shape index (κ2) is 8.90. The van der Waals surface area contributed by atoms with Crippen LogP contribution < -0.4 is 19.5 Å². The maximum absolute atomic E-state index is 13.5. The fourth-order valence-corrected chi connectivity index (χ4v) is 2.49. The molecule has 0 aliphatic carbocycles. The second-order valence-corrected chi connectivity index (χ2v) is 5.72. The number of hydrogen-bond donors (Lipinski definition) is 1. The number of halogens is 1. The predicted molar refractivity (Wildman–Crippen MR) is 99.0 cm³/mol. The topological polar surface area (TPSA) is 83.1 Å². The Kier molecular flexibility index (Phi) is 6.11. The molecule has 1 heterocycles. The molecule has 0 bridgehead atoms. The molecular weight excluding hydrogens is 369 g/mol. The first-order valence-corrected chi connectivity index (χ1v) is 8.43. The molecule has 2 aromatic carbocycles. The fraction of sp³-hybridized carbons (Fsp3) is 0.200. The lowest BCUT2D eigenvalue weighted by Gasteiger charge is -2.20. The highest BCUT2D eigenvalue weighted by molar-refractivity contribution is 5.94. The van der Waals surface area contributed by atoms with Crippen LogP contribution in [-0.4, -0.2) is 38.8 Å². The van der Waals surface area contributed by atoms with Crippen LogP contribution in [0.15, 0.2) is 42.5 Å². The number of rotatable bonds is 6. The summed E-state index contributed by atoms with van der Waals surface area (Å²) in [6, 6.07) is 9.09. The number of carbonyl (C=O) groups is 2. The predicted octanol–water partition coefficient (Wildman–Crippen LogP) is 2.80. The van der Waals surface area contributed by atoms with Crippen molar-refractivity contribution in [2.75, 3.05) is 32.2 Å². The molecular formula is C20H18FNO6. The number of methoxy groups -OCH3 is 1. The molecule has 0 atom stereocenters. The summed E-state index contributed by atoms with van der Waals surface area (Å²) in [4.78, 5) is 23.6. The molecule has 1 aliphatic heterocycles. The molecule has 28 heavy (non-hydrogen) atoms. The Labute approximate surface area is 160 Å². The van der Waals surface area contributed by atoms with Gasteiger partial charge in [0.15, 0.2) is 18.1 Å². The molecule has 2 aromatic rings. The molecule has 0 unspecified atom stereocenters. The van der Waals surface area contributed by atoms with Crippen LogP contribution in [0.2, 0.25) is 0 Å². The third kappa shape index (κ3) is 4.79. The second-order valence-electron chi connectivity index (χ2n) is 5.72. The molecule has 0 spiro atoms. The van der Waals surface area contributed by atoms with Gasteiger partial charge in [0, 0.05) is 6.08 Å². The minimum atomic E-state index is -0.725. The number of esters is 1. The van der Waals surface area contributed by atoms with Crippen molar-refractivity contribution in [3.05, 3.63) is 53.9 Å². The van der Waals surface area contributed by atoms with E-state index in [4.69, 9.17) is 18.9 Å². The van der Waals surface area contributed by atoms with E-state index in [0.717, 1.165) is 0 Å². The standard InChI is InChI=1S/C20H18FNO6/c1-25-16-10-13(11-17-20(16)27-9-8-26-17)6-7-19(24)28-12-18(23)22-15-5-3-2-4-14(15)21/h2-7,10-11H,8-9,12H2,1H3,(H,22,23)/b7-6+. The molecule has 3 rings (SSSR count). The summed E-state index contributed by atoms with van der Waals surface area (Å²) < 4.78 is 34.6. The SMILES string of the molecule is COc1cc(/C=C/C(=O)OCC(=O)Nc2ccccc2F)cc2c1OCCO2. The third-order valence-electron chi connectivity index (χ3n) is 3.76. The van der Waals surface area contributed by atoms with E-state index in [-0.39, 0.29) is 5.69 Å². The summed E-state index contributed by atoms with van der Waals surface area (Å²) in [7, 11) is 1.50. The van der Waals surface area contributed by atoms with Gasteiger partial charge in [-0.2, -0.15) is 0 Å². The average molecular weight is 387 g/mol. The van der Waals surface area contributed by atoms with Gasteiger partial charge in [0.1, 0.15) is 19.0 Å². The van der Waals surface area contributed by atoms with Crippen molar-refractivity contribution in [3.8, 4) is 17.2 Å². The van der Waals surface area contributed by atoms with Crippen LogP contribution in [0.3, 0.4) is 0 Å². The van der Waals surface area contributed by atoms with E-state index >= 15 is 0 Å². The summed E-state index contributed by atoms with van der Waals surface area (Å²) in [6.45, 7) is 0.310. The zero-order chi connectivity index (χ0) is 19.9. The van der Waals surface area contributed by atoms with E-state index in [1.54, 1.807) is 18.2 Å². The monoisotopic (exact) mass is 387 g/mol. The smallest absolute Gasteiger partial charge is 0.331 e. The molecule has 0 saturated heterocycles. The van der Waals surface area contributed by atoms with Crippen LogP contribution in [0, 0.1) is 5.82 Å². The highest BCUT2D eigenvalue weighted by Crippen LogP contribution is 2.40. The highest BCUT2D eigenvalue weighted by atomic mass is 19.1. The highest BCUT2D eigenvalue weighted by Gasteiger charge is 2.18. The Morgan fingerprint density at radius 1 is 1.21 bits per heavy atom. The van der Waals surface area contributed by atoms with Gasteiger partial charge < -0.3 is 24.3 Å². The Balaban J connectivity index is 1.57. The first-order chi connectivity index (χ1) is 13.6. The number of ether oxygens (including phenoxy) is 4. The van der Waals surface area contributed by atoms with Crippen molar-refractivity contribution in [3.63, 3.8) is 0 Å². The van der Waals surface area contributed by atoms with Gasteiger partial charge >= 0.3 is 5.97 Å². The van der Waals surface area contributed by atoms with Crippen molar-refractivity contribution < 1.29 is 32.9 Å². The Bertz CT molecular complexity index is 894. The number of nitrogens with one attached hydrogen (secondary N) is 1. The number of benzene rings is 2. The van der Waals surface area contributed by atoms with Crippen LogP contribution in [-0.2, 0) is 14.3 Å². The normalized spacial score (nSPS) is 12.5. The maximum atomic E-state index is 13.5. The van der Waals surface area contributed by atoms with Gasteiger partial charge in [-0.05, 0) is 35.9 Å². The number of fused-ring (bicyclic) bond motifs is 1. The summed E-state index contributed by atoms with van der Waals surface area (Å²) in [5.41, 5.74) is 0.649. The van der Waals surface area contributed by atoms with Gasteiger partial charge in [-0.25, -0.2) is 9.18 Å². The summed E-state index contributed by atoms with van der Waals surface area (Å²) in [5.74, 6) is -0.435. The molecule has 1 amide bonds. The molecule has 0 radical (unpaired) electrons. The first-order valence-electron chi connectivity index (χ1n) is 8.43. The minimum absolute atomic E-state index is 0.0162. The molecule has 1 aliphatic rings. The van der Waals surface area contributed by atoms with Gasteiger partial charge in [0.2, 0.25) is 5.75 Å². The van der Waals surface area contributed by atoms with Crippen LogP contribution in [0.25, 0.3) is 6.08 Å². The van der Waals surface area contributed by atoms with Gasteiger partial charge in [0.05, 0.1) is 12.8 Å². The lowest BCUT2D eigenvalue weighted by molar-refractivity contribution is -0.142. The Morgan fingerprint density at radius 2 is 2.00 bits per heavy atom. The number of anilines is 1. The van der Waals surface area contributed by atoms with Crippen molar-refractivity contribution in [1.29, 1.82) is 0 Å². The zero-order valence-corrected chi connectivity index (χ0v) is 15.1. The van der Waals surface area contributed by atoms with Crippen LogP contribution in [0.1, 0.15) is 5.56 Å². The average Bonchev–Trinajstić information content (AvgIpc) is 2.71. The van der Waals surface area contributed by atoms with Crippen LogP contribution >= 0.6 is 0 Å². The molecule has 0 fully saturated rings. The van der Waals surface area contributed by atoms with Gasteiger partial charge in [0.25, 0.3) is 5.91 Å². The lowest BCUT2D eigenvalue weighted by Crippen LogP contribution is -2.20. The Hall–Kier alpha value is -3.55. The van der Waals surface area contributed by atoms with Crippen molar-refractivity contribution in [1.82, 2.24) is 0 Å². The Morgan fingerprint density at radius 3 is 2.79 bits per heavy atom. The van der Waals surface area contributed by atoms with Gasteiger partial charge in [-0.15, -0.1) is 0 Å². The van der Waals surface area contributed by atoms with E-state index < -0.39 is 24.3 Å². The quantitative estimate of drug-likeness (QED) is 0.606. The van der Waals surface area contributed by atoms with Crippen molar-refractivity contribution >= 4 is 23.6 Å². The van der Waals surface area contributed by atoms with Crippen LogP contribution in [0.4, 0.5) is 10.1 Å². The minimum Gasteiger partial charge on any atom is -0.493 e. The van der Waals surface area contributed by atoms with Crippen molar-refractivity contribution in [2.24, 2.45) is 0 Å². The zero-order valence-electron chi connectivity index (χ0n) is 15.1. The van der Waals surface area contributed by atoms with E-state index in [0.29, 0.717) is 36.0 Å². The molecule has 0 saturated carbocycles. The van der Waals surface area contributed by atoms with Gasteiger partial charge in [-0.1, -0.05) is 12.1 Å². The summed E-state index contributed by atoms with van der Waals surface area (Å²) >= 11 is 0. The maximum Gasteiger partial charge on any atom is 0.331 e. The van der Waals surface area contributed by atoms with Gasteiger partial charge in [-0.3, -0.25) is 4.79 Å². The largest absolute Gasteiger partial charge is 0.493 e. The molecule has 7 nitrogen and oxygen atoms in total. The summed E-state index contributed by atoms with van der Waals surface area (Å²) in [6.07, 6.45) is 2.67. The van der Waals surface area contributed by atoms with E-state index in [1.165, 1.54) is 37.5 Å². The third-order valence-corrected chi connectivity index (χ3v) is 3.76. The molecule has 8 heteroatoms. The van der Waals surface area contributed by atoms with E-state index in [1.807, 2.05) is 0 Å². The fourth-order valence-electron chi connectivity index (χ4n) is 2.49. The number of carbonyl (C=O) groups excluding carboxylic acids is 2.